The summed E-state index contributed by atoms with van der Waals surface area (Å²) in [5.74, 6) is 0. The van der Waals surface area contributed by atoms with Crippen molar-refractivity contribution in [3.63, 3.8) is 0 Å². The van der Waals surface area contributed by atoms with Crippen molar-refractivity contribution in [2.75, 3.05) is 9.80 Å². The van der Waals surface area contributed by atoms with E-state index < -0.39 is 18.9 Å². The maximum atomic E-state index is 6.69. The van der Waals surface area contributed by atoms with Crippen LogP contribution in [0.25, 0.3) is 43.9 Å². The van der Waals surface area contributed by atoms with Crippen molar-refractivity contribution in [2.45, 2.75) is 23.9 Å². The molecule has 0 aliphatic carbocycles. The molecule has 2 aromatic heterocycles. The SMILES string of the molecule is C[Si](C)(c1ccc2oc3ccc(N4c5ccccc5C(c5ccccc5)(c5ccccc5)c5ccccc54)cc3c2c1)c1ccc2oc3ccc(N4c5ccccc5C(c5ccccc5)(c5ccccc5)c5ccccc54)cc3c2c1. The number of fused-ring (bicyclic) bond motifs is 10. The van der Waals surface area contributed by atoms with Gasteiger partial charge in [0, 0.05) is 32.9 Å². The Labute approximate surface area is 472 Å². The molecule has 2 aliphatic heterocycles. The van der Waals surface area contributed by atoms with E-state index in [9.17, 15) is 0 Å². The molecule has 0 saturated heterocycles. The van der Waals surface area contributed by atoms with Crippen LogP contribution in [0.15, 0.2) is 300 Å². The van der Waals surface area contributed by atoms with Gasteiger partial charge in [-0.25, -0.2) is 0 Å². The summed E-state index contributed by atoms with van der Waals surface area (Å²) in [5, 5.41) is 7.11. The Morgan fingerprint density at radius 3 is 0.840 bits per heavy atom. The lowest BCUT2D eigenvalue weighted by Crippen LogP contribution is -2.52. The van der Waals surface area contributed by atoms with Crippen LogP contribution in [0.4, 0.5) is 34.1 Å². The van der Waals surface area contributed by atoms with Crippen LogP contribution in [-0.4, -0.2) is 8.07 Å². The van der Waals surface area contributed by atoms with Crippen LogP contribution in [0.5, 0.6) is 0 Å². The van der Waals surface area contributed by atoms with Gasteiger partial charge in [0.25, 0.3) is 0 Å². The van der Waals surface area contributed by atoms with Crippen molar-refractivity contribution < 1.29 is 8.83 Å². The number of rotatable bonds is 8. The maximum absolute atomic E-state index is 6.69. The van der Waals surface area contributed by atoms with Crippen LogP contribution in [0.3, 0.4) is 0 Å². The number of para-hydroxylation sites is 4. The Kier molecular flexibility index (Phi) is 10.5. The molecular weight excluding hydrogens is 1000 g/mol. The van der Waals surface area contributed by atoms with Gasteiger partial charge in [0.15, 0.2) is 0 Å². The fourth-order valence-corrected chi connectivity index (χ4v) is 16.5. The predicted molar refractivity (Wildman–Crippen MR) is 337 cm³/mol. The van der Waals surface area contributed by atoms with E-state index in [1.807, 2.05) is 0 Å². The number of benzene rings is 12. The summed E-state index contributed by atoms with van der Waals surface area (Å²) < 4.78 is 13.4. The number of furan rings is 2. The quantitative estimate of drug-likeness (QED) is 0.142. The van der Waals surface area contributed by atoms with Crippen LogP contribution < -0.4 is 20.2 Å². The van der Waals surface area contributed by atoms with Gasteiger partial charge in [0.2, 0.25) is 0 Å². The molecule has 0 N–H and O–H groups in total. The highest BCUT2D eigenvalue weighted by Gasteiger charge is 2.48. The minimum atomic E-state index is -2.36. The summed E-state index contributed by atoms with van der Waals surface area (Å²) in [6.07, 6.45) is 0. The monoisotopic (exact) mass is 1050 g/mol. The summed E-state index contributed by atoms with van der Waals surface area (Å²) in [4.78, 5) is 4.91. The van der Waals surface area contributed by atoms with Crippen molar-refractivity contribution >= 4 is 96.4 Å². The molecule has 0 amide bonds. The van der Waals surface area contributed by atoms with E-state index in [0.29, 0.717) is 0 Å². The van der Waals surface area contributed by atoms with Gasteiger partial charge in [-0.05, 0) is 117 Å². The molecule has 0 saturated carbocycles. The molecule has 5 heteroatoms. The lowest BCUT2D eigenvalue weighted by molar-refractivity contribution is 0.668. The zero-order chi connectivity index (χ0) is 53.9. The summed E-state index contributed by atoms with van der Waals surface area (Å²) in [7, 11) is -2.36. The summed E-state index contributed by atoms with van der Waals surface area (Å²) in [6.45, 7) is 4.94. The molecule has 4 heterocycles. The van der Waals surface area contributed by atoms with E-state index >= 15 is 0 Å². The zero-order valence-electron chi connectivity index (χ0n) is 44.9. The standard InChI is InChI=1S/C76H54N2O2Si/c1-81(2,57-41-45-73-61(49-57)59-47-55(39-43-71(59)79-73)77-67-35-19-15-31-63(67)75(51-23-7-3-8-24-51,52-25-9-4-10-26-52)64-32-16-20-36-68(64)77)58-42-46-74-62(50-58)60-48-56(40-44-72(60)80-74)78-69-37-21-17-33-65(69)76(53-27-11-5-12-28-53,54-29-13-6-14-30-54)66-34-18-22-38-70(66)78/h3-50H,1-2H3. The molecule has 2 aliphatic rings. The first-order valence-corrected chi connectivity index (χ1v) is 31.1. The van der Waals surface area contributed by atoms with E-state index in [0.717, 1.165) is 78.0 Å². The third-order valence-corrected chi connectivity index (χ3v) is 21.4. The van der Waals surface area contributed by atoms with Gasteiger partial charge in [-0.15, -0.1) is 0 Å². The van der Waals surface area contributed by atoms with Crippen molar-refractivity contribution in [3.8, 4) is 0 Å². The Hall–Kier alpha value is -9.94. The topological polar surface area (TPSA) is 32.8 Å². The highest BCUT2D eigenvalue weighted by molar-refractivity contribution is 7.00. The Morgan fingerprint density at radius 2 is 0.531 bits per heavy atom. The zero-order valence-corrected chi connectivity index (χ0v) is 45.9. The number of anilines is 6. The van der Waals surface area contributed by atoms with Crippen LogP contribution in [0, 0.1) is 0 Å². The molecule has 0 spiro atoms. The smallest absolute Gasteiger partial charge is 0.135 e. The average Bonchev–Trinajstić information content (AvgIpc) is 3.51. The second-order valence-electron chi connectivity index (χ2n) is 22.3. The Bertz CT molecular complexity index is 4280. The van der Waals surface area contributed by atoms with Gasteiger partial charge in [-0.3, -0.25) is 0 Å². The van der Waals surface area contributed by atoms with Crippen molar-refractivity contribution in [1.29, 1.82) is 0 Å². The van der Waals surface area contributed by atoms with Gasteiger partial charge in [0.05, 0.1) is 33.6 Å². The van der Waals surface area contributed by atoms with Crippen LogP contribution in [0.2, 0.25) is 13.1 Å². The van der Waals surface area contributed by atoms with E-state index in [1.54, 1.807) is 0 Å². The molecule has 0 unspecified atom stereocenters. The van der Waals surface area contributed by atoms with E-state index in [1.165, 1.54) is 54.9 Å². The van der Waals surface area contributed by atoms with Gasteiger partial charge in [-0.1, -0.05) is 242 Å². The second-order valence-corrected chi connectivity index (χ2v) is 26.7. The molecular formula is C76H54N2O2Si. The van der Waals surface area contributed by atoms with Gasteiger partial charge in [-0.2, -0.15) is 0 Å². The molecule has 0 bridgehead atoms. The van der Waals surface area contributed by atoms with E-state index in [2.05, 4.69) is 314 Å². The second kappa shape index (κ2) is 18.0. The average molecular weight is 1060 g/mol. The fourth-order valence-electron chi connectivity index (χ4n) is 14.1. The maximum Gasteiger partial charge on any atom is 0.135 e. The first-order valence-electron chi connectivity index (χ1n) is 28.1. The highest BCUT2D eigenvalue weighted by Crippen LogP contribution is 2.60. The number of nitrogens with zero attached hydrogens (tertiary/aromatic N) is 2. The minimum absolute atomic E-state index is 0.539. The Balaban J connectivity index is 0.800. The molecule has 384 valence electrons. The first-order chi connectivity index (χ1) is 39.9. The third-order valence-electron chi connectivity index (χ3n) is 17.9. The fraction of sp³-hybridized carbons (Fsp3) is 0.0526. The largest absolute Gasteiger partial charge is 0.456 e. The molecule has 81 heavy (non-hydrogen) atoms. The summed E-state index contributed by atoms with van der Waals surface area (Å²) in [6, 6.07) is 107. The van der Waals surface area contributed by atoms with Crippen LogP contribution in [0.1, 0.15) is 44.5 Å². The first kappa shape index (κ1) is 47.1. The van der Waals surface area contributed by atoms with Gasteiger partial charge < -0.3 is 18.6 Å². The van der Waals surface area contributed by atoms with E-state index in [4.69, 9.17) is 8.83 Å². The normalized spacial score (nSPS) is 14.2. The molecule has 0 radical (unpaired) electrons. The molecule has 16 rings (SSSR count). The highest BCUT2D eigenvalue weighted by atomic mass is 28.3. The van der Waals surface area contributed by atoms with Crippen molar-refractivity contribution in [1.82, 2.24) is 0 Å². The Morgan fingerprint density at radius 1 is 0.272 bits per heavy atom. The molecule has 0 fully saturated rings. The molecule has 4 nitrogen and oxygen atoms in total. The molecule has 0 atom stereocenters. The van der Waals surface area contributed by atoms with Crippen LogP contribution >= 0.6 is 0 Å². The molecule has 14 aromatic rings. The summed E-state index contributed by atoms with van der Waals surface area (Å²) >= 11 is 0. The van der Waals surface area contributed by atoms with Crippen LogP contribution in [-0.2, 0) is 10.8 Å². The predicted octanol–water partition coefficient (Wildman–Crippen LogP) is 18.6. The van der Waals surface area contributed by atoms with Crippen molar-refractivity contribution in [3.05, 3.63) is 336 Å². The molecule has 12 aromatic carbocycles. The van der Waals surface area contributed by atoms with E-state index in [-0.39, 0.29) is 0 Å². The number of hydrogen-bond donors (Lipinski definition) is 0. The number of hydrogen-bond acceptors (Lipinski definition) is 4. The lowest BCUT2D eigenvalue weighted by atomic mass is 9.62. The van der Waals surface area contributed by atoms with Gasteiger partial charge in [0.1, 0.15) is 30.4 Å². The summed E-state index contributed by atoms with van der Waals surface area (Å²) in [5.41, 5.74) is 19.1. The third kappa shape index (κ3) is 6.82. The lowest BCUT2D eigenvalue weighted by Gasteiger charge is -2.46. The minimum Gasteiger partial charge on any atom is -0.456 e. The van der Waals surface area contributed by atoms with Crippen molar-refractivity contribution in [2.24, 2.45) is 0 Å². The van der Waals surface area contributed by atoms with Gasteiger partial charge >= 0.3 is 0 Å².